The maximum atomic E-state index is 13.2. The molecule has 2 amide bonds. The van der Waals surface area contributed by atoms with Gasteiger partial charge in [0.15, 0.2) is 0 Å². The van der Waals surface area contributed by atoms with Crippen molar-refractivity contribution < 1.29 is 9.59 Å². The summed E-state index contributed by atoms with van der Waals surface area (Å²) in [5.41, 5.74) is 5.01. The second-order valence-corrected chi connectivity index (χ2v) is 6.82. The van der Waals surface area contributed by atoms with Crippen molar-refractivity contribution in [2.24, 2.45) is 0 Å². The summed E-state index contributed by atoms with van der Waals surface area (Å²) in [4.78, 5) is 27.7. The number of aryl methyl sites for hydroxylation is 2. The van der Waals surface area contributed by atoms with E-state index in [-0.39, 0.29) is 11.8 Å². The summed E-state index contributed by atoms with van der Waals surface area (Å²) in [6.07, 6.45) is 0. The Morgan fingerprint density at radius 1 is 0.714 bits per heavy atom. The summed E-state index contributed by atoms with van der Waals surface area (Å²) in [6.45, 7) is 4.06. The van der Waals surface area contributed by atoms with E-state index in [0.717, 1.165) is 11.3 Å². The second-order valence-electron chi connectivity index (χ2n) is 6.82. The molecule has 1 heterocycles. The first kappa shape index (κ1) is 17.7. The van der Waals surface area contributed by atoms with Gasteiger partial charge >= 0.3 is 0 Å². The topological polar surface area (TPSA) is 49.4 Å². The highest BCUT2D eigenvalue weighted by atomic mass is 16.2. The van der Waals surface area contributed by atoms with Gasteiger partial charge in [-0.3, -0.25) is 9.59 Å². The Hall–Kier alpha value is -3.66. The van der Waals surface area contributed by atoms with Crippen molar-refractivity contribution in [3.63, 3.8) is 0 Å². The molecule has 0 saturated heterocycles. The van der Waals surface area contributed by atoms with Crippen LogP contribution < -0.4 is 10.2 Å². The lowest BCUT2D eigenvalue weighted by atomic mass is 10.0. The minimum absolute atomic E-state index is 0.295. The number of carbonyl (C=O) groups excluding carboxylic acids is 2. The number of imide groups is 1. The minimum Gasteiger partial charge on any atom is -0.350 e. The lowest BCUT2D eigenvalue weighted by Crippen LogP contribution is -2.32. The van der Waals surface area contributed by atoms with Gasteiger partial charge in [-0.15, -0.1) is 0 Å². The monoisotopic (exact) mass is 368 g/mol. The van der Waals surface area contributed by atoms with Crippen LogP contribution in [0.2, 0.25) is 0 Å². The van der Waals surface area contributed by atoms with Gasteiger partial charge in [0.1, 0.15) is 5.70 Å². The molecular weight excluding hydrogens is 348 g/mol. The molecule has 1 aliphatic rings. The molecule has 4 nitrogen and oxygen atoms in total. The molecule has 1 N–H and O–H groups in total. The van der Waals surface area contributed by atoms with Gasteiger partial charge in [-0.05, 0) is 54.8 Å². The fraction of sp³-hybridized carbons (Fsp3) is 0.0833. The van der Waals surface area contributed by atoms with Crippen molar-refractivity contribution in [2.75, 3.05) is 10.2 Å². The largest absolute Gasteiger partial charge is 0.350 e. The smallest absolute Gasteiger partial charge is 0.282 e. The number of rotatable bonds is 4. The number of hydrogen-bond donors (Lipinski definition) is 1. The van der Waals surface area contributed by atoms with Crippen LogP contribution in [0.4, 0.5) is 11.4 Å². The number of nitrogens with one attached hydrogen (secondary N) is 1. The number of para-hydroxylation sites is 1. The van der Waals surface area contributed by atoms with E-state index in [1.165, 1.54) is 10.5 Å². The molecule has 0 atom stereocenters. The Kier molecular flexibility index (Phi) is 4.53. The highest BCUT2D eigenvalue weighted by Gasteiger charge is 2.40. The van der Waals surface area contributed by atoms with Gasteiger partial charge < -0.3 is 5.32 Å². The van der Waals surface area contributed by atoms with Crippen LogP contribution in [-0.2, 0) is 9.59 Å². The predicted octanol–water partition coefficient (Wildman–Crippen LogP) is 4.70. The van der Waals surface area contributed by atoms with Crippen molar-refractivity contribution in [3.05, 3.63) is 101 Å². The first-order valence-corrected chi connectivity index (χ1v) is 9.14. The average Bonchev–Trinajstić information content (AvgIpc) is 2.96. The van der Waals surface area contributed by atoms with Crippen LogP contribution in [0.15, 0.2) is 84.6 Å². The molecule has 138 valence electrons. The molecule has 0 aliphatic carbocycles. The Bertz CT molecular complexity index is 1090. The van der Waals surface area contributed by atoms with Crippen LogP contribution in [0.5, 0.6) is 0 Å². The number of benzene rings is 3. The molecule has 0 radical (unpaired) electrons. The first-order valence-electron chi connectivity index (χ1n) is 9.14. The summed E-state index contributed by atoms with van der Waals surface area (Å²) in [6, 6.07) is 24.2. The first-order chi connectivity index (χ1) is 13.6. The zero-order valence-corrected chi connectivity index (χ0v) is 15.8. The molecule has 0 spiro atoms. The van der Waals surface area contributed by atoms with Gasteiger partial charge in [-0.2, -0.15) is 0 Å². The standard InChI is InChI=1S/C24H20N2O2/c1-16-13-14-19(15-17(16)2)25-22-21(18-9-5-3-6-10-18)23(27)26(24(22)28)20-11-7-4-8-12-20/h3-15,25H,1-2H3. The quantitative estimate of drug-likeness (QED) is 0.679. The third kappa shape index (κ3) is 3.09. The van der Waals surface area contributed by atoms with Gasteiger partial charge in [0.25, 0.3) is 11.8 Å². The zero-order chi connectivity index (χ0) is 19.7. The lowest BCUT2D eigenvalue weighted by Gasteiger charge is -2.15. The number of amides is 2. The molecule has 28 heavy (non-hydrogen) atoms. The van der Waals surface area contributed by atoms with E-state index >= 15 is 0 Å². The molecule has 0 bridgehead atoms. The molecule has 0 unspecified atom stereocenters. The van der Waals surface area contributed by atoms with Crippen molar-refractivity contribution in [1.82, 2.24) is 0 Å². The highest BCUT2D eigenvalue weighted by molar-refractivity contribution is 6.46. The number of nitrogens with zero attached hydrogens (tertiary/aromatic N) is 1. The van der Waals surface area contributed by atoms with E-state index in [1.54, 1.807) is 12.1 Å². The van der Waals surface area contributed by atoms with Crippen LogP contribution in [-0.4, -0.2) is 11.8 Å². The van der Waals surface area contributed by atoms with Crippen molar-refractivity contribution in [3.8, 4) is 0 Å². The van der Waals surface area contributed by atoms with Gasteiger partial charge in [0, 0.05) is 5.69 Å². The van der Waals surface area contributed by atoms with E-state index in [0.29, 0.717) is 22.5 Å². The van der Waals surface area contributed by atoms with Crippen molar-refractivity contribution in [1.29, 1.82) is 0 Å². The molecule has 0 fully saturated rings. The van der Waals surface area contributed by atoms with Gasteiger partial charge in [-0.1, -0.05) is 54.6 Å². The highest BCUT2D eigenvalue weighted by Crippen LogP contribution is 2.33. The van der Waals surface area contributed by atoms with Gasteiger partial charge in [0.05, 0.1) is 11.3 Å². The molecule has 4 rings (SSSR count). The third-order valence-corrected chi connectivity index (χ3v) is 4.94. The Balaban J connectivity index is 1.82. The fourth-order valence-electron chi connectivity index (χ4n) is 3.29. The molecule has 1 aliphatic heterocycles. The van der Waals surface area contributed by atoms with E-state index in [9.17, 15) is 9.59 Å². The fourth-order valence-corrected chi connectivity index (χ4v) is 3.29. The lowest BCUT2D eigenvalue weighted by molar-refractivity contribution is -0.120. The van der Waals surface area contributed by atoms with Crippen molar-refractivity contribution >= 4 is 28.8 Å². The Labute approximate surface area is 164 Å². The third-order valence-electron chi connectivity index (χ3n) is 4.94. The maximum Gasteiger partial charge on any atom is 0.282 e. The summed E-state index contributed by atoms with van der Waals surface area (Å²) in [5.74, 6) is -0.679. The van der Waals surface area contributed by atoms with E-state index in [2.05, 4.69) is 5.32 Å². The molecule has 4 heteroatoms. The molecule has 0 aromatic heterocycles. The molecular formula is C24H20N2O2. The molecule has 3 aromatic rings. The molecule has 0 saturated carbocycles. The predicted molar refractivity (Wildman–Crippen MR) is 112 cm³/mol. The summed E-state index contributed by atoms with van der Waals surface area (Å²) >= 11 is 0. The minimum atomic E-state index is -0.353. The zero-order valence-electron chi connectivity index (χ0n) is 15.8. The van der Waals surface area contributed by atoms with E-state index < -0.39 is 0 Å². The number of carbonyl (C=O) groups is 2. The molecule has 3 aromatic carbocycles. The van der Waals surface area contributed by atoms with Crippen LogP contribution in [0, 0.1) is 13.8 Å². The van der Waals surface area contributed by atoms with E-state index in [1.807, 2.05) is 80.6 Å². The van der Waals surface area contributed by atoms with Crippen LogP contribution >= 0.6 is 0 Å². The maximum absolute atomic E-state index is 13.2. The Morgan fingerprint density at radius 3 is 2.00 bits per heavy atom. The summed E-state index contributed by atoms with van der Waals surface area (Å²) in [5, 5.41) is 3.20. The van der Waals surface area contributed by atoms with Gasteiger partial charge in [-0.25, -0.2) is 4.90 Å². The van der Waals surface area contributed by atoms with Crippen LogP contribution in [0.3, 0.4) is 0 Å². The Morgan fingerprint density at radius 2 is 1.36 bits per heavy atom. The SMILES string of the molecule is Cc1ccc(NC2=C(c3ccccc3)C(=O)N(c3ccccc3)C2=O)cc1C. The summed E-state index contributed by atoms with van der Waals surface area (Å²) in [7, 11) is 0. The normalized spacial score (nSPS) is 14.0. The van der Waals surface area contributed by atoms with Gasteiger partial charge in [0.2, 0.25) is 0 Å². The van der Waals surface area contributed by atoms with Crippen LogP contribution in [0.1, 0.15) is 16.7 Å². The average molecular weight is 368 g/mol. The summed E-state index contributed by atoms with van der Waals surface area (Å²) < 4.78 is 0. The number of hydrogen-bond acceptors (Lipinski definition) is 3. The van der Waals surface area contributed by atoms with Crippen LogP contribution in [0.25, 0.3) is 5.57 Å². The van der Waals surface area contributed by atoms with E-state index in [4.69, 9.17) is 0 Å². The second kappa shape index (κ2) is 7.16. The van der Waals surface area contributed by atoms with Crippen molar-refractivity contribution in [2.45, 2.75) is 13.8 Å². The number of anilines is 2.